The summed E-state index contributed by atoms with van der Waals surface area (Å²) in [5, 5.41) is 3.41. The van der Waals surface area contributed by atoms with Crippen LogP contribution in [0, 0.1) is 6.92 Å². The molecule has 0 spiro atoms. The highest BCUT2D eigenvalue weighted by molar-refractivity contribution is 7.12. The second-order valence-electron chi connectivity index (χ2n) is 4.16. The highest BCUT2D eigenvalue weighted by Crippen LogP contribution is 2.30. The van der Waals surface area contributed by atoms with Crippen LogP contribution in [0.4, 0.5) is 0 Å². The van der Waals surface area contributed by atoms with Crippen molar-refractivity contribution in [1.29, 1.82) is 0 Å². The molecule has 15 heavy (non-hydrogen) atoms. The normalized spacial score (nSPS) is 20.4. The molecule has 2 rings (SSSR count). The SMILES string of the molecule is CCC(c1ccc(C)s1)N1CCNCC1. The number of aryl methyl sites for hydroxylation is 1. The molecular formula is C12H20N2S. The van der Waals surface area contributed by atoms with E-state index in [0.717, 1.165) is 13.1 Å². The number of thiophene rings is 1. The Kier molecular flexibility index (Phi) is 3.78. The Morgan fingerprint density at radius 1 is 1.40 bits per heavy atom. The van der Waals surface area contributed by atoms with Crippen LogP contribution in [0.25, 0.3) is 0 Å². The van der Waals surface area contributed by atoms with Gasteiger partial charge in [0.1, 0.15) is 0 Å². The average Bonchev–Trinajstić information content (AvgIpc) is 2.68. The van der Waals surface area contributed by atoms with Crippen LogP contribution >= 0.6 is 11.3 Å². The van der Waals surface area contributed by atoms with E-state index >= 15 is 0 Å². The van der Waals surface area contributed by atoms with Gasteiger partial charge in [0.05, 0.1) is 0 Å². The minimum atomic E-state index is 0.644. The van der Waals surface area contributed by atoms with Gasteiger partial charge in [-0.25, -0.2) is 0 Å². The fourth-order valence-electron chi connectivity index (χ4n) is 2.27. The van der Waals surface area contributed by atoms with E-state index in [2.05, 4.69) is 36.2 Å². The van der Waals surface area contributed by atoms with Crippen molar-refractivity contribution in [2.45, 2.75) is 26.3 Å². The summed E-state index contributed by atoms with van der Waals surface area (Å²) in [6.45, 7) is 9.15. The largest absolute Gasteiger partial charge is 0.314 e. The fraction of sp³-hybridized carbons (Fsp3) is 0.667. The first-order valence-corrected chi connectivity index (χ1v) is 6.64. The second-order valence-corrected chi connectivity index (χ2v) is 5.48. The Hall–Kier alpha value is -0.380. The molecule has 3 heteroatoms. The predicted octanol–water partition coefficient (Wildman–Crippen LogP) is 2.41. The zero-order valence-corrected chi connectivity index (χ0v) is 10.4. The van der Waals surface area contributed by atoms with Crippen LogP contribution in [0.5, 0.6) is 0 Å². The van der Waals surface area contributed by atoms with Gasteiger partial charge in [-0.05, 0) is 25.5 Å². The molecule has 1 N–H and O–H groups in total. The molecule has 1 aliphatic rings. The van der Waals surface area contributed by atoms with E-state index in [0.29, 0.717) is 6.04 Å². The maximum Gasteiger partial charge on any atom is 0.0440 e. The molecule has 84 valence electrons. The van der Waals surface area contributed by atoms with Crippen molar-refractivity contribution in [3.63, 3.8) is 0 Å². The maximum atomic E-state index is 3.41. The molecule has 0 aliphatic carbocycles. The molecule has 0 aromatic carbocycles. The monoisotopic (exact) mass is 224 g/mol. The summed E-state index contributed by atoms with van der Waals surface area (Å²) in [4.78, 5) is 5.58. The molecule has 0 radical (unpaired) electrons. The van der Waals surface area contributed by atoms with Crippen LogP contribution in [0.3, 0.4) is 0 Å². The van der Waals surface area contributed by atoms with Crippen LogP contribution in [-0.4, -0.2) is 31.1 Å². The van der Waals surface area contributed by atoms with Gasteiger partial charge in [-0.1, -0.05) is 6.92 Å². The quantitative estimate of drug-likeness (QED) is 0.848. The molecule has 0 saturated carbocycles. The van der Waals surface area contributed by atoms with Crippen LogP contribution in [0.2, 0.25) is 0 Å². The molecule has 1 aromatic rings. The highest BCUT2D eigenvalue weighted by Gasteiger charge is 2.21. The van der Waals surface area contributed by atoms with Crippen molar-refractivity contribution >= 4 is 11.3 Å². The van der Waals surface area contributed by atoms with Gasteiger partial charge in [-0.15, -0.1) is 11.3 Å². The van der Waals surface area contributed by atoms with Gasteiger partial charge in [-0.2, -0.15) is 0 Å². The predicted molar refractivity (Wildman–Crippen MR) is 66.5 cm³/mol. The van der Waals surface area contributed by atoms with Crippen LogP contribution in [0.15, 0.2) is 12.1 Å². The minimum Gasteiger partial charge on any atom is -0.314 e. The number of hydrogen-bond acceptors (Lipinski definition) is 3. The lowest BCUT2D eigenvalue weighted by atomic mass is 10.1. The van der Waals surface area contributed by atoms with E-state index in [1.165, 1.54) is 29.3 Å². The molecule has 1 saturated heterocycles. The summed E-state index contributed by atoms with van der Waals surface area (Å²) in [5.74, 6) is 0. The van der Waals surface area contributed by atoms with Crippen molar-refractivity contribution in [3.05, 3.63) is 21.9 Å². The third kappa shape index (κ3) is 2.60. The van der Waals surface area contributed by atoms with Gasteiger partial charge in [-0.3, -0.25) is 4.90 Å². The first kappa shape index (κ1) is 11.1. The summed E-state index contributed by atoms with van der Waals surface area (Å²) >= 11 is 1.95. The van der Waals surface area contributed by atoms with E-state index in [9.17, 15) is 0 Å². The molecule has 2 heterocycles. The number of hydrogen-bond donors (Lipinski definition) is 1. The van der Waals surface area contributed by atoms with E-state index in [-0.39, 0.29) is 0 Å². The second kappa shape index (κ2) is 5.10. The van der Waals surface area contributed by atoms with Gasteiger partial charge < -0.3 is 5.32 Å². The first-order chi connectivity index (χ1) is 7.31. The summed E-state index contributed by atoms with van der Waals surface area (Å²) < 4.78 is 0. The number of rotatable bonds is 3. The Morgan fingerprint density at radius 3 is 2.67 bits per heavy atom. The third-order valence-corrected chi connectivity index (χ3v) is 4.17. The zero-order valence-electron chi connectivity index (χ0n) is 9.62. The van der Waals surface area contributed by atoms with Crippen molar-refractivity contribution in [3.8, 4) is 0 Å². The standard InChI is InChI=1S/C12H20N2S/c1-3-11(12-5-4-10(2)15-12)14-8-6-13-7-9-14/h4-5,11,13H,3,6-9H2,1-2H3. The van der Waals surface area contributed by atoms with Gasteiger partial charge in [0.2, 0.25) is 0 Å². The van der Waals surface area contributed by atoms with Gasteiger partial charge in [0.25, 0.3) is 0 Å². The van der Waals surface area contributed by atoms with E-state index in [1.54, 1.807) is 0 Å². The maximum absolute atomic E-state index is 3.41. The molecule has 1 fully saturated rings. The topological polar surface area (TPSA) is 15.3 Å². The van der Waals surface area contributed by atoms with E-state index < -0.39 is 0 Å². The molecular weight excluding hydrogens is 204 g/mol. The number of nitrogens with zero attached hydrogens (tertiary/aromatic N) is 1. The van der Waals surface area contributed by atoms with Crippen molar-refractivity contribution in [2.75, 3.05) is 26.2 Å². The Bertz CT molecular complexity index is 302. The Morgan fingerprint density at radius 2 is 2.13 bits per heavy atom. The van der Waals surface area contributed by atoms with E-state index in [1.807, 2.05) is 11.3 Å². The number of nitrogens with one attached hydrogen (secondary N) is 1. The van der Waals surface area contributed by atoms with Crippen LogP contribution < -0.4 is 5.32 Å². The lowest BCUT2D eigenvalue weighted by Gasteiger charge is -2.33. The molecule has 0 amide bonds. The average molecular weight is 224 g/mol. The molecule has 0 bridgehead atoms. The third-order valence-electron chi connectivity index (χ3n) is 3.07. The molecule has 1 aliphatic heterocycles. The zero-order chi connectivity index (χ0) is 10.7. The van der Waals surface area contributed by atoms with Crippen molar-refractivity contribution in [1.82, 2.24) is 10.2 Å². The lowest BCUT2D eigenvalue weighted by molar-refractivity contribution is 0.172. The number of piperazine rings is 1. The lowest BCUT2D eigenvalue weighted by Crippen LogP contribution is -2.44. The molecule has 1 unspecified atom stereocenters. The molecule has 2 nitrogen and oxygen atoms in total. The Labute approximate surface area is 96.3 Å². The van der Waals surface area contributed by atoms with Gasteiger partial charge in [0, 0.05) is 42.0 Å². The van der Waals surface area contributed by atoms with E-state index in [4.69, 9.17) is 0 Å². The Balaban J connectivity index is 2.08. The van der Waals surface area contributed by atoms with Crippen molar-refractivity contribution < 1.29 is 0 Å². The molecule has 1 aromatic heterocycles. The molecule has 1 atom stereocenters. The van der Waals surface area contributed by atoms with Gasteiger partial charge >= 0.3 is 0 Å². The van der Waals surface area contributed by atoms with Gasteiger partial charge in [0.15, 0.2) is 0 Å². The summed E-state index contributed by atoms with van der Waals surface area (Å²) in [5.41, 5.74) is 0. The van der Waals surface area contributed by atoms with Crippen LogP contribution in [-0.2, 0) is 0 Å². The fourth-order valence-corrected chi connectivity index (χ4v) is 3.36. The van der Waals surface area contributed by atoms with Crippen LogP contribution in [0.1, 0.15) is 29.1 Å². The summed E-state index contributed by atoms with van der Waals surface area (Å²) in [6, 6.07) is 5.19. The van der Waals surface area contributed by atoms with Crippen molar-refractivity contribution in [2.24, 2.45) is 0 Å². The smallest absolute Gasteiger partial charge is 0.0440 e. The first-order valence-electron chi connectivity index (χ1n) is 5.82. The minimum absolute atomic E-state index is 0.644. The summed E-state index contributed by atoms with van der Waals surface area (Å²) in [7, 11) is 0. The summed E-state index contributed by atoms with van der Waals surface area (Å²) in [6.07, 6.45) is 1.22. The highest BCUT2D eigenvalue weighted by atomic mass is 32.1.